The Labute approximate surface area is 257 Å². The van der Waals surface area contributed by atoms with Crippen molar-refractivity contribution in [3.8, 4) is 17.0 Å². The van der Waals surface area contributed by atoms with Crippen LogP contribution >= 0.6 is 11.8 Å². The summed E-state index contributed by atoms with van der Waals surface area (Å²) in [6, 6.07) is 18.1. The standard InChI is InChI=1S/C34H32F3NO5S/c1-40-33(39)24-11-8-21-17-26(13-12-20(21)14-24)44-32-22-9-10-23(32)16-25(15-22)41-18-28-30(38-43-31(28)19-6-7-19)27-4-2-3-5-29(27)42-34(35,36)37/h2-5,8,11-14,17,19,22-23,25,32H,6-7,9-10,15-16,18H2,1H3. The number of esters is 1. The smallest absolute Gasteiger partial charge is 0.465 e. The SMILES string of the molecule is COC(=O)c1ccc2cc(SC3C4CCC3CC(OCc3c(-c5ccccc5OC(F)(F)F)noc3C3CC3)C4)ccc2c1. The fourth-order valence-corrected chi connectivity index (χ4v) is 8.40. The molecule has 1 heterocycles. The Balaban J connectivity index is 1.04. The molecular weight excluding hydrogens is 591 g/mol. The zero-order valence-electron chi connectivity index (χ0n) is 24.1. The molecule has 10 heteroatoms. The molecule has 0 amide bonds. The summed E-state index contributed by atoms with van der Waals surface area (Å²) in [5, 5.41) is 6.81. The zero-order valence-corrected chi connectivity index (χ0v) is 25.0. The van der Waals surface area contributed by atoms with Crippen LogP contribution in [0.5, 0.6) is 5.75 Å². The highest BCUT2D eigenvalue weighted by Crippen LogP contribution is 2.52. The number of methoxy groups -OCH3 is 1. The van der Waals surface area contributed by atoms with Crippen LogP contribution in [-0.2, 0) is 16.1 Å². The molecule has 0 radical (unpaired) electrons. The number of para-hydroxylation sites is 1. The van der Waals surface area contributed by atoms with Crippen LogP contribution in [0.3, 0.4) is 0 Å². The van der Waals surface area contributed by atoms with Crippen LogP contribution in [0.1, 0.15) is 66.1 Å². The first-order valence-corrected chi connectivity index (χ1v) is 15.9. The molecular formula is C34H32F3NO5S. The number of carbonyl (C=O) groups excluding carboxylic acids is 1. The highest BCUT2D eigenvalue weighted by Gasteiger charge is 2.44. The van der Waals surface area contributed by atoms with E-state index in [4.69, 9.17) is 14.0 Å². The first-order chi connectivity index (χ1) is 21.3. The first-order valence-electron chi connectivity index (χ1n) is 15.0. The number of alkyl halides is 3. The van der Waals surface area contributed by atoms with Crippen molar-refractivity contribution in [2.45, 2.75) is 73.7 Å². The Morgan fingerprint density at radius 3 is 2.43 bits per heavy atom. The van der Waals surface area contributed by atoms with Crippen molar-refractivity contribution < 1.29 is 36.7 Å². The largest absolute Gasteiger partial charge is 0.573 e. The zero-order chi connectivity index (χ0) is 30.4. The van der Waals surface area contributed by atoms with Crippen LogP contribution in [0, 0.1) is 11.8 Å². The molecule has 2 unspecified atom stereocenters. The Kier molecular flexibility index (Phi) is 7.82. The van der Waals surface area contributed by atoms with Gasteiger partial charge < -0.3 is 18.7 Å². The Hall–Kier alpha value is -3.50. The maximum absolute atomic E-state index is 13.1. The number of aromatic nitrogens is 1. The van der Waals surface area contributed by atoms with Gasteiger partial charge in [0.05, 0.1) is 25.4 Å². The average Bonchev–Trinajstić information content (AvgIpc) is 3.73. The second kappa shape index (κ2) is 11.8. The fourth-order valence-electron chi connectivity index (χ4n) is 6.86. The molecule has 7 rings (SSSR count). The molecule has 230 valence electrons. The summed E-state index contributed by atoms with van der Waals surface area (Å²) in [5.74, 6) is 1.33. The lowest BCUT2D eigenvalue weighted by molar-refractivity contribution is -0.274. The van der Waals surface area contributed by atoms with E-state index in [0.29, 0.717) is 34.1 Å². The van der Waals surface area contributed by atoms with E-state index in [0.717, 1.165) is 54.9 Å². The van der Waals surface area contributed by atoms with Gasteiger partial charge in [-0.3, -0.25) is 0 Å². The summed E-state index contributed by atoms with van der Waals surface area (Å²) >= 11 is 1.93. The van der Waals surface area contributed by atoms with Gasteiger partial charge >= 0.3 is 12.3 Å². The van der Waals surface area contributed by atoms with Crippen LogP contribution in [0.2, 0.25) is 0 Å². The van der Waals surface area contributed by atoms with E-state index in [1.807, 2.05) is 23.9 Å². The van der Waals surface area contributed by atoms with E-state index in [1.165, 1.54) is 24.1 Å². The van der Waals surface area contributed by atoms with E-state index in [2.05, 4.69) is 28.1 Å². The van der Waals surface area contributed by atoms with Gasteiger partial charge in [-0.05, 0) is 97.5 Å². The monoisotopic (exact) mass is 623 g/mol. The number of halogens is 3. The highest BCUT2D eigenvalue weighted by molar-refractivity contribution is 8.00. The molecule has 1 aromatic heterocycles. The summed E-state index contributed by atoms with van der Waals surface area (Å²) < 4.78 is 60.8. The highest BCUT2D eigenvalue weighted by atomic mass is 32.2. The molecule has 2 bridgehead atoms. The van der Waals surface area contributed by atoms with Crippen LogP contribution in [0.25, 0.3) is 22.0 Å². The van der Waals surface area contributed by atoms with Crippen molar-refractivity contribution in [2.24, 2.45) is 11.8 Å². The van der Waals surface area contributed by atoms with Crippen molar-refractivity contribution >= 4 is 28.5 Å². The maximum Gasteiger partial charge on any atom is 0.573 e. The first kappa shape index (κ1) is 29.2. The summed E-state index contributed by atoms with van der Waals surface area (Å²) in [5.41, 5.74) is 1.87. The van der Waals surface area contributed by atoms with Crippen molar-refractivity contribution in [3.05, 3.63) is 77.6 Å². The average molecular weight is 624 g/mol. The second-order valence-corrected chi connectivity index (χ2v) is 13.2. The summed E-state index contributed by atoms with van der Waals surface area (Å²) in [6.45, 7) is 0.241. The van der Waals surface area contributed by atoms with Gasteiger partial charge in [0.1, 0.15) is 17.2 Å². The maximum atomic E-state index is 13.1. The number of hydrogen-bond acceptors (Lipinski definition) is 7. The number of benzene rings is 3. The minimum absolute atomic E-state index is 0.0640. The van der Waals surface area contributed by atoms with Gasteiger partial charge in [-0.25, -0.2) is 4.79 Å². The van der Waals surface area contributed by atoms with E-state index < -0.39 is 6.36 Å². The fraction of sp³-hybridized carbons (Fsp3) is 0.412. The molecule has 3 aromatic carbocycles. The third kappa shape index (κ3) is 6.06. The van der Waals surface area contributed by atoms with Crippen molar-refractivity contribution in [1.82, 2.24) is 5.16 Å². The van der Waals surface area contributed by atoms with E-state index >= 15 is 0 Å². The minimum atomic E-state index is -4.81. The molecule has 0 spiro atoms. The Morgan fingerprint density at radius 2 is 1.70 bits per heavy atom. The van der Waals surface area contributed by atoms with Gasteiger partial charge in [-0.2, -0.15) is 0 Å². The number of thioether (sulfide) groups is 1. The quantitative estimate of drug-likeness (QED) is 0.172. The van der Waals surface area contributed by atoms with E-state index in [1.54, 1.807) is 18.2 Å². The van der Waals surface area contributed by atoms with Crippen molar-refractivity contribution in [1.29, 1.82) is 0 Å². The number of hydrogen-bond donors (Lipinski definition) is 0. The van der Waals surface area contributed by atoms with Crippen LogP contribution in [-0.4, -0.2) is 36.0 Å². The topological polar surface area (TPSA) is 70.8 Å². The number of nitrogens with zero attached hydrogens (tertiary/aromatic N) is 1. The third-order valence-electron chi connectivity index (χ3n) is 9.07. The number of fused-ring (bicyclic) bond motifs is 3. The van der Waals surface area contributed by atoms with Crippen molar-refractivity contribution in [2.75, 3.05) is 7.11 Å². The number of rotatable bonds is 9. The van der Waals surface area contributed by atoms with Gasteiger partial charge in [-0.15, -0.1) is 24.9 Å². The predicted molar refractivity (Wildman–Crippen MR) is 160 cm³/mol. The molecule has 0 saturated heterocycles. The van der Waals surface area contributed by atoms with Gasteiger partial charge in [0.25, 0.3) is 0 Å². The second-order valence-electron chi connectivity index (χ2n) is 12.0. The Morgan fingerprint density at radius 1 is 0.977 bits per heavy atom. The third-order valence-corrected chi connectivity index (χ3v) is 10.6. The van der Waals surface area contributed by atoms with Gasteiger partial charge in [0.15, 0.2) is 0 Å². The van der Waals surface area contributed by atoms with E-state index in [-0.39, 0.29) is 35.9 Å². The number of ether oxygens (including phenoxy) is 3. The lowest BCUT2D eigenvalue weighted by Crippen LogP contribution is -2.32. The summed E-state index contributed by atoms with van der Waals surface area (Å²) in [7, 11) is 1.38. The van der Waals surface area contributed by atoms with Crippen LogP contribution < -0.4 is 4.74 Å². The van der Waals surface area contributed by atoms with Gasteiger partial charge in [-0.1, -0.05) is 29.4 Å². The van der Waals surface area contributed by atoms with Crippen LogP contribution in [0.15, 0.2) is 70.1 Å². The van der Waals surface area contributed by atoms with Gasteiger partial charge in [0.2, 0.25) is 0 Å². The summed E-state index contributed by atoms with van der Waals surface area (Å²) in [4.78, 5) is 13.1. The van der Waals surface area contributed by atoms with E-state index in [9.17, 15) is 18.0 Å². The summed E-state index contributed by atoms with van der Waals surface area (Å²) in [6.07, 6.45) is 1.39. The molecule has 0 aliphatic heterocycles. The number of carbonyl (C=O) groups is 1. The molecule has 3 saturated carbocycles. The van der Waals surface area contributed by atoms with Crippen LogP contribution in [0.4, 0.5) is 13.2 Å². The molecule has 4 aromatic rings. The molecule has 44 heavy (non-hydrogen) atoms. The molecule has 6 nitrogen and oxygen atoms in total. The molecule has 3 aliphatic carbocycles. The molecule has 3 aliphatic rings. The molecule has 3 fully saturated rings. The van der Waals surface area contributed by atoms with Gasteiger partial charge in [0, 0.05) is 27.2 Å². The Bertz CT molecular complexity index is 1670. The van der Waals surface area contributed by atoms with Crippen molar-refractivity contribution in [3.63, 3.8) is 0 Å². The minimum Gasteiger partial charge on any atom is -0.465 e. The molecule has 0 N–H and O–H groups in total. The lowest BCUT2D eigenvalue weighted by atomic mass is 9.86. The predicted octanol–water partition coefficient (Wildman–Crippen LogP) is 8.92. The lowest BCUT2D eigenvalue weighted by Gasteiger charge is -2.35. The molecule has 2 atom stereocenters. The normalized spacial score (nSPS) is 23.2.